The summed E-state index contributed by atoms with van der Waals surface area (Å²) in [6.45, 7) is 2.78. The Kier molecular flexibility index (Phi) is 4.81. The lowest BCUT2D eigenvalue weighted by Gasteiger charge is -2.13. The smallest absolute Gasteiger partial charge is 0.123 e. The molecule has 0 aliphatic carbocycles. The molecule has 0 bridgehead atoms. The van der Waals surface area contributed by atoms with Gasteiger partial charge in [0.2, 0.25) is 0 Å². The Balaban J connectivity index is 1.93. The zero-order valence-corrected chi connectivity index (χ0v) is 11.0. The summed E-state index contributed by atoms with van der Waals surface area (Å²) in [6, 6.07) is 16.9. The summed E-state index contributed by atoms with van der Waals surface area (Å²) in [5.74, 6) is 1.47. The summed E-state index contributed by atoms with van der Waals surface area (Å²) >= 11 is 0. The SMILES string of the molecule is CCOc1cccc(OCC(O)c2ccccc2)c1. The molecule has 1 unspecified atom stereocenters. The van der Waals surface area contributed by atoms with Gasteiger partial charge in [-0.1, -0.05) is 36.4 Å². The molecule has 2 aromatic rings. The Morgan fingerprint density at radius 2 is 1.63 bits per heavy atom. The van der Waals surface area contributed by atoms with Gasteiger partial charge in [-0.3, -0.25) is 0 Å². The minimum atomic E-state index is -0.628. The third-order valence-corrected chi connectivity index (χ3v) is 2.71. The van der Waals surface area contributed by atoms with E-state index in [1.807, 2.05) is 61.5 Å². The van der Waals surface area contributed by atoms with Crippen molar-refractivity contribution in [2.45, 2.75) is 13.0 Å². The van der Waals surface area contributed by atoms with Crippen LogP contribution in [0.2, 0.25) is 0 Å². The van der Waals surface area contributed by atoms with Crippen LogP contribution in [0.4, 0.5) is 0 Å². The van der Waals surface area contributed by atoms with Crippen LogP contribution in [0.25, 0.3) is 0 Å². The van der Waals surface area contributed by atoms with Gasteiger partial charge in [0.1, 0.15) is 24.2 Å². The predicted molar refractivity (Wildman–Crippen MR) is 74.5 cm³/mol. The molecule has 100 valence electrons. The maximum absolute atomic E-state index is 10.00. The van der Waals surface area contributed by atoms with Crippen molar-refractivity contribution in [2.24, 2.45) is 0 Å². The van der Waals surface area contributed by atoms with Crippen molar-refractivity contribution < 1.29 is 14.6 Å². The van der Waals surface area contributed by atoms with Crippen LogP contribution in [-0.4, -0.2) is 18.3 Å². The first kappa shape index (κ1) is 13.4. The molecule has 0 aliphatic rings. The zero-order chi connectivity index (χ0) is 13.5. The van der Waals surface area contributed by atoms with Crippen molar-refractivity contribution in [3.05, 3.63) is 60.2 Å². The molecule has 3 nitrogen and oxygen atoms in total. The summed E-state index contributed by atoms with van der Waals surface area (Å²) in [5, 5.41) is 10.00. The number of benzene rings is 2. The number of aliphatic hydroxyl groups excluding tert-OH is 1. The molecule has 0 fully saturated rings. The van der Waals surface area contributed by atoms with Crippen LogP contribution in [0.15, 0.2) is 54.6 Å². The Morgan fingerprint density at radius 3 is 2.32 bits per heavy atom. The quantitative estimate of drug-likeness (QED) is 0.864. The zero-order valence-electron chi connectivity index (χ0n) is 11.0. The molecular weight excluding hydrogens is 240 g/mol. The van der Waals surface area contributed by atoms with Crippen molar-refractivity contribution in [3.63, 3.8) is 0 Å². The van der Waals surface area contributed by atoms with Crippen LogP contribution in [0, 0.1) is 0 Å². The molecule has 3 heteroatoms. The molecule has 0 heterocycles. The van der Waals surface area contributed by atoms with Crippen LogP contribution >= 0.6 is 0 Å². The van der Waals surface area contributed by atoms with E-state index in [2.05, 4.69) is 0 Å². The van der Waals surface area contributed by atoms with E-state index in [0.717, 1.165) is 11.3 Å². The lowest BCUT2D eigenvalue weighted by molar-refractivity contribution is 0.108. The number of ether oxygens (including phenoxy) is 2. The highest BCUT2D eigenvalue weighted by Gasteiger charge is 2.07. The minimum Gasteiger partial charge on any atom is -0.494 e. The van der Waals surface area contributed by atoms with E-state index in [0.29, 0.717) is 12.4 Å². The van der Waals surface area contributed by atoms with Gasteiger partial charge in [-0.05, 0) is 24.6 Å². The molecule has 2 rings (SSSR count). The van der Waals surface area contributed by atoms with Gasteiger partial charge in [-0.15, -0.1) is 0 Å². The van der Waals surface area contributed by atoms with Crippen LogP contribution in [0.5, 0.6) is 11.5 Å². The standard InChI is InChI=1S/C16H18O3/c1-2-18-14-9-6-10-15(11-14)19-12-16(17)13-7-4-3-5-8-13/h3-11,16-17H,2,12H2,1H3. The number of rotatable bonds is 6. The first-order valence-electron chi connectivity index (χ1n) is 6.38. The van der Waals surface area contributed by atoms with Gasteiger partial charge in [-0.25, -0.2) is 0 Å². The topological polar surface area (TPSA) is 38.7 Å². The van der Waals surface area contributed by atoms with E-state index >= 15 is 0 Å². The van der Waals surface area contributed by atoms with Gasteiger partial charge in [0.25, 0.3) is 0 Å². The van der Waals surface area contributed by atoms with E-state index in [1.54, 1.807) is 0 Å². The Morgan fingerprint density at radius 1 is 0.947 bits per heavy atom. The lowest BCUT2D eigenvalue weighted by Crippen LogP contribution is -2.09. The number of aliphatic hydroxyl groups is 1. The van der Waals surface area contributed by atoms with E-state index in [-0.39, 0.29) is 6.61 Å². The van der Waals surface area contributed by atoms with Gasteiger partial charge in [0, 0.05) is 6.07 Å². The highest BCUT2D eigenvalue weighted by atomic mass is 16.5. The van der Waals surface area contributed by atoms with Gasteiger partial charge in [0.15, 0.2) is 0 Å². The molecule has 1 atom stereocenters. The highest BCUT2D eigenvalue weighted by molar-refractivity contribution is 5.33. The molecule has 0 aromatic heterocycles. The average molecular weight is 258 g/mol. The summed E-state index contributed by atoms with van der Waals surface area (Å²) in [4.78, 5) is 0. The number of hydrogen-bond donors (Lipinski definition) is 1. The molecule has 2 aromatic carbocycles. The molecule has 1 N–H and O–H groups in total. The van der Waals surface area contributed by atoms with Gasteiger partial charge >= 0.3 is 0 Å². The van der Waals surface area contributed by atoms with Crippen molar-refractivity contribution in [1.29, 1.82) is 0 Å². The second kappa shape index (κ2) is 6.81. The second-order valence-electron chi connectivity index (χ2n) is 4.15. The maximum atomic E-state index is 10.00. The van der Waals surface area contributed by atoms with Crippen LogP contribution in [0.3, 0.4) is 0 Å². The van der Waals surface area contributed by atoms with Crippen molar-refractivity contribution in [1.82, 2.24) is 0 Å². The fourth-order valence-electron chi connectivity index (χ4n) is 1.77. The van der Waals surface area contributed by atoms with Gasteiger partial charge in [0.05, 0.1) is 6.61 Å². The van der Waals surface area contributed by atoms with E-state index in [4.69, 9.17) is 9.47 Å². The van der Waals surface area contributed by atoms with Crippen LogP contribution in [-0.2, 0) is 0 Å². The van der Waals surface area contributed by atoms with E-state index in [1.165, 1.54) is 0 Å². The molecule has 0 aliphatic heterocycles. The Bertz CT molecular complexity index is 496. The summed E-state index contributed by atoms with van der Waals surface area (Å²) in [7, 11) is 0. The summed E-state index contributed by atoms with van der Waals surface area (Å²) in [6.07, 6.45) is -0.628. The highest BCUT2D eigenvalue weighted by Crippen LogP contribution is 2.21. The minimum absolute atomic E-state index is 0.222. The van der Waals surface area contributed by atoms with Gasteiger partial charge < -0.3 is 14.6 Å². The largest absolute Gasteiger partial charge is 0.494 e. The third-order valence-electron chi connectivity index (χ3n) is 2.71. The second-order valence-corrected chi connectivity index (χ2v) is 4.15. The molecule has 19 heavy (non-hydrogen) atoms. The summed E-state index contributed by atoms with van der Waals surface area (Å²) in [5.41, 5.74) is 0.850. The third kappa shape index (κ3) is 4.00. The lowest BCUT2D eigenvalue weighted by atomic mass is 10.1. The van der Waals surface area contributed by atoms with Crippen molar-refractivity contribution in [2.75, 3.05) is 13.2 Å². The summed E-state index contributed by atoms with van der Waals surface area (Å²) < 4.78 is 11.0. The first-order valence-corrected chi connectivity index (χ1v) is 6.38. The molecule has 0 radical (unpaired) electrons. The average Bonchev–Trinajstić information content (AvgIpc) is 2.46. The maximum Gasteiger partial charge on any atom is 0.123 e. The van der Waals surface area contributed by atoms with Crippen molar-refractivity contribution >= 4 is 0 Å². The molecule has 0 spiro atoms. The molecule has 0 amide bonds. The van der Waals surface area contributed by atoms with Crippen molar-refractivity contribution in [3.8, 4) is 11.5 Å². The predicted octanol–water partition coefficient (Wildman–Crippen LogP) is 3.20. The Labute approximate surface area is 113 Å². The molecular formula is C16H18O3. The molecule has 0 saturated carbocycles. The van der Waals surface area contributed by atoms with Crippen LogP contribution < -0.4 is 9.47 Å². The van der Waals surface area contributed by atoms with E-state index < -0.39 is 6.10 Å². The fraction of sp³-hybridized carbons (Fsp3) is 0.250. The number of hydrogen-bond acceptors (Lipinski definition) is 3. The van der Waals surface area contributed by atoms with Gasteiger partial charge in [-0.2, -0.15) is 0 Å². The van der Waals surface area contributed by atoms with E-state index in [9.17, 15) is 5.11 Å². The normalized spacial score (nSPS) is 11.9. The monoisotopic (exact) mass is 258 g/mol. The van der Waals surface area contributed by atoms with Crippen LogP contribution in [0.1, 0.15) is 18.6 Å². The molecule has 0 saturated heterocycles. The fourth-order valence-corrected chi connectivity index (χ4v) is 1.77. The Hall–Kier alpha value is -2.00. The first-order chi connectivity index (χ1) is 9.29.